The first kappa shape index (κ1) is 21.0. The minimum atomic E-state index is -0.366. The van der Waals surface area contributed by atoms with Gasteiger partial charge in [0.1, 0.15) is 17.4 Å². The van der Waals surface area contributed by atoms with E-state index in [1.165, 1.54) is 29.2 Å². The highest BCUT2D eigenvalue weighted by atomic mass is 32.1. The van der Waals surface area contributed by atoms with Crippen LogP contribution in [0.2, 0.25) is 0 Å². The lowest BCUT2D eigenvalue weighted by molar-refractivity contribution is -0.115. The second kappa shape index (κ2) is 9.16. The Labute approximate surface area is 178 Å². The topological polar surface area (TPSA) is 83.3 Å². The Balaban J connectivity index is 1.91. The largest absolute Gasteiger partial charge is 0.497 e. The molecule has 0 N–H and O–H groups in total. The number of carbonyl (C=O) groups is 2. The van der Waals surface area contributed by atoms with Crippen LogP contribution in [0.5, 0.6) is 5.75 Å². The van der Waals surface area contributed by atoms with Gasteiger partial charge >= 0.3 is 0 Å². The standard InChI is InChI=1S/C23H19N3O3S/c1-15-5-4-6-17(11-15)22(28)18(13-24)12-19-14-30-23(25-19)26(16(2)27)20-7-9-21(29-3)10-8-20/h4-12,14H,1-3H3/b18-12+. The van der Waals surface area contributed by atoms with E-state index in [1.807, 2.05) is 19.1 Å². The lowest BCUT2D eigenvalue weighted by atomic mass is 10.0. The molecule has 0 atom stereocenters. The van der Waals surface area contributed by atoms with Gasteiger partial charge in [0.25, 0.3) is 0 Å². The van der Waals surface area contributed by atoms with Crippen molar-refractivity contribution in [3.8, 4) is 11.8 Å². The van der Waals surface area contributed by atoms with E-state index in [1.54, 1.807) is 55.0 Å². The molecule has 1 heterocycles. The van der Waals surface area contributed by atoms with Crippen molar-refractivity contribution in [3.63, 3.8) is 0 Å². The predicted molar refractivity (Wildman–Crippen MR) is 117 cm³/mol. The van der Waals surface area contributed by atoms with Crippen molar-refractivity contribution in [2.24, 2.45) is 0 Å². The maximum atomic E-state index is 12.7. The van der Waals surface area contributed by atoms with Gasteiger partial charge in [0, 0.05) is 17.9 Å². The Morgan fingerprint density at radius 2 is 1.93 bits per heavy atom. The van der Waals surface area contributed by atoms with Crippen LogP contribution in [0.15, 0.2) is 59.5 Å². The molecule has 0 saturated carbocycles. The number of carbonyl (C=O) groups excluding carboxylic acids is 2. The molecule has 6 nitrogen and oxygen atoms in total. The van der Waals surface area contributed by atoms with Gasteiger partial charge in [-0.05, 0) is 43.3 Å². The molecule has 30 heavy (non-hydrogen) atoms. The number of aromatic nitrogens is 1. The van der Waals surface area contributed by atoms with Crippen LogP contribution in [0, 0.1) is 18.3 Å². The Hall–Kier alpha value is -3.76. The zero-order valence-electron chi connectivity index (χ0n) is 16.7. The van der Waals surface area contributed by atoms with Crippen LogP contribution in [-0.2, 0) is 4.79 Å². The monoisotopic (exact) mass is 417 g/mol. The summed E-state index contributed by atoms with van der Waals surface area (Å²) in [5.74, 6) is 0.106. The average molecular weight is 417 g/mol. The molecule has 0 fully saturated rings. The molecule has 1 amide bonds. The molecule has 3 rings (SSSR count). The number of thiazole rings is 1. The highest BCUT2D eigenvalue weighted by Gasteiger charge is 2.19. The van der Waals surface area contributed by atoms with E-state index in [0.29, 0.717) is 27.8 Å². The number of nitrogens with zero attached hydrogens (tertiary/aromatic N) is 3. The molecule has 1 aromatic heterocycles. The normalized spacial score (nSPS) is 10.9. The van der Waals surface area contributed by atoms with Crippen molar-refractivity contribution in [2.75, 3.05) is 12.0 Å². The van der Waals surface area contributed by atoms with Crippen LogP contribution < -0.4 is 9.64 Å². The first-order valence-corrected chi connectivity index (χ1v) is 9.94. The number of amides is 1. The van der Waals surface area contributed by atoms with E-state index in [4.69, 9.17) is 4.74 Å². The van der Waals surface area contributed by atoms with Gasteiger partial charge < -0.3 is 4.74 Å². The Morgan fingerprint density at radius 3 is 2.53 bits per heavy atom. The van der Waals surface area contributed by atoms with Crippen molar-refractivity contribution in [1.29, 1.82) is 5.26 Å². The van der Waals surface area contributed by atoms with Crippen LogP contribution in [-0.4, -0.2) is 23.8 Å². The highest BCUT2D eigenvalue weighted by Crippen LogP contribution is 2.30. The van der Waals surface area contributed by atoms with Gasteiger partial charge in [0.2, 0.25) is 11.7 Å². The fraction of sp³-hybridized carbons (Fsp3) is 0.130. The van der Waals surface area contributed by atoms with Crippen molar-refractivity contribution in [1.82, 2.24) is 4.98 Å². The molecule has 0 aliphatic rings. The summed E-state index contributed by atoms with van der Waals surface area (Å²) in [6.45, 7) is 3.33. The van der Waals surface area contributed by atoms with Gasteiger partial charge in [-0.3, -0.25) is 14.5 Å². The number of hydrogen-bond donors (Lipinski definition) is 0. The lowest BCUT2D eigenvalue weighted by Crippen LogP contribution is -2.22. The number of allylic oxidation sites excluding steroid dienone is 1. The molecule has 2 aromatic carbocycles. The third kappa shape index (κ3) is 4.62. The van der Waals surface area contributed by atoms with Gasteiger partial charge in [-0.1, -0.05) is 23.8 Å². The van der Waals surface area contributed by atoms with Gasteiger partial charge in [-0.2, -0.15) is 5.26 Å². The maximum absolute atomic E-state index is 12.7. The Bertz CT molecular complexity index is 1160. The maximum Gasteiger partial charge on any atom is 0.230 e. The molecule has 0 bridgehead atoms. The average Bonchev–Trinajstić information content (AvgIpc) is 3.19. The number of methoxy groups -OCH3 is 1. The van der Waals surface area contributed by atoms with E-state index in [-0.39, 0.29) is 17.3 Å². The summed E-state index contributed by atoms with van der Waals surface area (Å²) < 4.78 is 5.15. The van der Waals surface area contributed by atoms with Crippen LogP contribution in [0.25, 0.3) is 6.08 Å². The fourth-order valence-electron chi connectivity index (χ4n) is 2.84. The molecule has 0 aliphatic heterocycles. The first-order valence-electron chi connectivity index (χ1n) is 9.06. The van der Waals surface area contributed by atoms with Crippen molar-refractivity contribution < 1.29 is 14.3 Å². The number of anilines is 2. The molecule has 0 unspecified atom stereocenters. The lowest BCUT2D eigenvalue weighted by Gasteiger charge is -2.18. The number of Topliss-reactive ketones (excluding diaryl/α,β-unsaturated/α-hetero) is 1. The number of ether oxygens (including phenoxy) is 1. The van der Waals surface area contributed by atoms with Crippen molar-refractivity contribution >= 4 is 39.9 Å². The second-order valence-corrected chi connectivity index (χ2v) is 7.31. The number of ketones is 1. The van der Waals surface area contributed by atoms with Crippen LogP contribution in [0.1, 0.15) is 28.5 Å². The highest BCUT2D eigenvalue weighted by molar-refractivity contribution is 7.14. The number of nitriles is 1. The van der Waals surface area contributed by atoms with E-state index in [0.717, 1.165) is 5.56 Å². The number of rotatable bonds is 6. The summed E-state index contributed by atoms with van der Waals surface area (Å²) in [5, 5.41) is 11.6. The number of hydrogen-bond acceptors (Lipinski definition) is 6. The molecule has 0 aliphatic carbocycles. The summed E-state index contributed by atoms with van der Waals surface area (Å²) in [7, 11) is 1.57. The SMILES string of the molecule is COc1ccc(N(C(C)=O)c2nc(/C=C(\C#N)C(=O)c3cccc(C)c3)cs2)cc1. The van der Waals surface area contributed by atoms with E-state index in [9.17, 15) is 14.9 Å². The summed E-state index contributed by atoms with van der Waals surface area (Å²) in [5.41, 5.74) is 2.45. The molecule has 0 spiro atoms. The smallest absolute Gasteiger partial charge is 0.230 e. The Kier molecular flexibility index (Phi) is 6.40. The summed E-state index contributed by atoms with van der Waals surface area (Å²) in [6, 6.07) is 16.1. The van der Waals surface area contributed by atoms with Crippen molar-refractivity contribution in [2.45, 2.75) is 13.8 Å². The zero-order valence-corrected chi connectivity index (χ0v) is 17.6. The van der Waals surface area contributed by atoms with Crippen LogP contribution in [0.4, 0.5) is 10.8 Å². The molecule has 0 saturated heterocycles. The van der Waals surface area contributed by atoms with E-state index >= 15 is 0 Å². The molecule has 3 aromatic rings. The number of benzene rings is 2. The fourth-order valence-corrected chi connectivity index (χ4v) is 3.69. The van der Waals surface area contributed by atoms with Gasteiger partial charge in [0.05, 0.1) is 18.5 Å². The molecule has 150 valence electrons. The summed E-state index contributed by atoms with van der Waals surface area (Å²) >= 11 is 1.25. The Morgan fingerprint density at radius 1 is 1.20 bits per heavy atom. The first-order chi connectivity index (χ1) is 14.4. The van der Waals surface area contributed by atoms with Crippen LogP contribution >= 0.6 is 11.3 Å². The van der Waals surface area contributed by atoms with Gasteiger partial charge in [-0.25, -0.2) is 4.98 Å². The van der Waals surface area contributed by atoms with Crippen LogP contribution in [0.3, 0.4) is 0 Å². The zero-order chi connectivity index (χ0) is 21.7. The van der Waals surface area contributed by atoms with E-state index in [2.05, 4.69) is 4.98 Å². The minimum Gasteiger partial charge on any atom is -0.497 e. The molecule has 0 radical (unpaired) electrons. The number of aryl methyl sites for hydroxylation is 1. The van der Waals surface area contributed by atoms with Gasteiger partial charge in [-0.15, -0.1) is 11.3 Å². The third-order valence-electron chi connectivity index (χ3n) is 4.28. The summed E-state index contributed by atoms with van der Waals surface area (Å²) in [4.78, 5) is 30.8. The van der Waals surface area contributed by atoms with Crippen molar-refractivity contribution in [3.05, 3.63) is 76.3 Å². The van der Waals surface area contributed by atoms with E-state index < -0.39 is 0 Å². The summed E-state index contributed by atoms with van der Waals surface area (Å²) in [6.07, 6.45) is 1.44. The van der Waals surface area contributed by atoms with Gasteiger partial charge in [0.15, 0.2) is 5.13 Å². The second-order valence-electron chi connectivity index (χ2n) is 6.48. The predicted octanol–water partition coefficient (Wildman–Crippen LogP) is 4.93. The molecular weight excluding hydrogens is 398 g/mol. The third-order valence-corrected chi connectivity index (χ3v) is 5.13. The molecular formula is C23H19N3O3S. The quantitative estimate of drug-likeness (QED) is 0.322. The minimum absolute atomic E-state index is 0.0173. The molecule has 7 heteroatoms.